The van der Waals surface area contributed by atoms with Crippen LogP contribution in [0.1, 0.15) is 25.7 Å². The Labute approximate surface area is 98.3 Å². The Morgan fingerprint density at radius 2 is 1.81 bits per heavy atom. The normalized spacial score (nSPS) is 26.2. The molecule has 96 valence electrons. The van der Waals surface area contributed by atoms with Gasteiger partial charge in [-0.3, -0.25) is 0 Å². The molecular formula is C12H25NO3. The molecule has 0 aromatic rings. The number of aliphatic hydroxyl groups excluding tert-OH is 1. The fourth-order valence-electron chi connectivity index (χ4n) is 2.44. The maximum absolute atomic E-state index is 9.29. The van der Waals surface area contributed by atoms with Gasteiger partial charge in [0.1, 0.15) is 0 Å². The Balaban J connectivity index is 2.19. The van der Waals surface area contributed by atoms with Crippen LogP contribution in [-0.4, -0.2) is 45.3 Å². The van der Waals surface area contributed by atoms with E-state index < -0.39 is 0 Å². The Bertz CT molecular complexity index is 174. The maximum Gasteiger partial charge on any atom is 0.169 e. The topological polar surface area (TPSA) is 50.7 Å². The molecule has 2 N–H and O–H groups in total. The number of nitrogens with one attached hydrogen (secondary N) is 1. The van der Waals surface area contributed by atoms with Crippen LogP contribution in [0.4, 0.5) is 0 Å². The first-order valence-corrected chi connectivity index (χ1v) is 6.19. The summed E-state index contributed by atoms with van der Waals surface area (Å²) in [6.45, 7) is 1.99. The lowest BCUT2D eigenvalue weighted by Gasteiger charge is -2.30. The van der Waals surface area contributed by atoms with E-state index in [0.29, 0.717) is 25.0 Å². The van der Waals surface area contributed by atoms with Crippen molar-refractivity contribution in [3.63, 3.8) is 0 Å². The third kappa shape index (κ3) is 4.37. The molecule has 1 fully saturated rings. The van der Waals surface area contributed by atoms with Gasteiger partial charge >= 0.3 is 0 Å². The lowest BCUT2D eigenvalue weighted by Crippen LogP contribution is -2.37. The predicted octanol–water partition coefficient (Wildman–Crippen LogP) is 0.994. The van der Waals surface area contributed by atoms with Crippen LogP contribution in [0.2, 0.25) is 0 Å². The third-order valence-electron chi connectivity index (χ3n) is 3.54. The van der Waals surface area contributed by atoms with E-state index in [1.165, 1.54) is 25.7 Å². The molecule has 0 spiro atoms. The highest BCUT2D eigenvalue weighted by Crippen LogP contribution is 2.28. The molecule has 1 saturated carbocycles. The van der Waals surface area contributed by atoms with E-state index in [4.69, 9.17) is 9.47 Å². The monoisotopic (exact) mass is 231 g/mol. The first kappa shape index (κ1) is 13.9. The van der Waals surface area contributed by atoms with Crippen LogP contribution in [0.25, 0.3) is 0 Å². The van der Waals surface area contributed by atoms with Crippen LogP contribution in [0.15, 0.2) is 0 Å². The fourth-order valence-corrected chi connectivity index (χ4v) is 2.44. The van der Waals surface area contributed by atoms with Crippen molar-refractivity contribution in [2.45, 2.75) is 32.0 Å². The molecule has 0 aliphatic heterocycles. The van der Waals surface area contributed by atoms with Gasteiger partial charge in [-0.05, 0) is 31.2 Å². The van der Waals surface area contributed by atoms with Gasteiger partial charge in [0.2, 0.25) is 0 Å². The van der Waals surface area contributed by atoms with Crippen LogP contribution in [-0.2, 0) is 9.47 Å². The van der Waals surface area contributed by atoms with E-state index in [0.717, 1.165) is 6.54 Å². The van der Waals surface area contributed by atoms with E-state index in [-0.39, 0.29) is 6.29 Å². The number of methoxy groups -OCH3 is 2. The van der Waals surface area contributed by atoms with Gasteiger partial charge in [-0.1, -0.05) is 12.8 Å². The minimum atomic E-state index is -0.170. The molecule has 2 atom stereocenters. The molecule has 0 aromatic carbocycles. The quantitative estimate of drug-likeness (QED) is 0.642. The van der Waals surface area contributed by atoms with Gasteiger partial charge in [0.05, 0.1) is 0 Å². The maximum atomic E-state index is 9.29. The molecule has 1 aliphatic rings. The van der Waals surface area contributed by atoms with Gasteiger partial charge in [0, 0.05) is 27.4 Å². The molecule has 4 heteroatoms. The minimum absolute atomic E-state index is 0.170. The predicted molar refractivity (Wildman–Crippen MR) is 63.2 cm³/mol. The minimum Gasteiger partial charge on any atom is -0.396 e. The molecule has 0 saturated heterocycles. The van der Waals surface area contributed by atoms with Crippen LogP contribution >= 0.6 is 0 Å². The summed E-state index contributed by atoms with van der Waals surface area (Å²) < 4.78 is 10.2. The lowest BCUT2D eigenvalue weighted by atomic mass is 9.79. The zero-order chi connectivity index (χ0) is 11.8. The lowest BCUT2D eigenvalue weighted by molar-refractivity contribution is -0.0993. The molecule has 1 aliphatic carbocycles. The van der Waals surface area contributed by atoms with Crippen LogP contribution in [0.5, 0.6) is 0 Å². The highest BCUT2D eigenvalue weighted by molar-refractivity contribution is 4.76. The average Bonchev–Trinajstić information content (AvgIpc) is 2.35. The zero-order valence-corrected chi connectivity index (χ0v) is 10.4. The number of ether oxygens (including phenoxy) is 2. The molecule has 16 heavy (non-hydrogen) atoms. The first-order valence-electron chi connectivity index (χ1n) is 6.19. The summed E-state index contributed by atoms with van der Waals surface area (Å²) in [5, 5.41) is 12.6. The second-order valence-electron chi connectivity index (χ2n) is 4.55. The average molecular weight is 231 g/mol. The van der Waals surface area contributed by atoms with E-state index in [9.17, 15) is 5.11 Å². The van der Waals surface area contributed by atoms with Crippen molar-refractivity contribution in [1.82, 2.24) is 5.32 Å². The second kappa shape index (κ2) is 8.01. The Morgan fingerprint density at radius 3 is 2.38 bits per heavy atom. The van der Waals surface area contributed by atoms with Gasteiger partial charge in [-0.25, -0.2) is 0 Å². The van der Waals surface area contributed by atoms with Crippen LogP contribution in [0.3, 0.4) is 0 Å². The summed E-state index contributed by atoms with van der Waals surface area (Å²) >= 11 is 0. The molecule has 0 bridgehead atoms. The van der Waals surface area contributed by atoms with Crippen molar-refractivity contribution in [3.8, 4) is 0 Å². The Hall–Kier alpha value is -0.160. The molecule has 0 radical (unpaired) electrons. The van der Waals surface area contributed by atoms with Crippen LogP contribution in [0, 0.1) is 11.8 Å². The molecule has 1 rings (SSSR count). The largest absolute Gasteiger partial charge is 0.396 e. The molecule has 0 aromatic heterocycles. The van der Waals surface area contributed by atoms with Gasteiger partial charge < -0.3 is 19.9 Å². The van der Waals surface area contributed by atoms with Crippen molar-refractivity contribution in [2.75, 3.05) is 33.9 Å². The van der Waals surface area contributed by atoms with E-state index in [1.807, 2.05) is 0 Å². The standard InChI is InChI=1S/C12H25NO3/c1-15-12(16-2)8-13-7-10-5-3-4-6-11(10)9-14/h10-14H,3-9H2,1-2H3. The third-order valence-corrected chi connectivity index (χ3v) is 3.54. The van der Waals surface area contributed by atoms with Gasteiger partial charge in [0.25, 0.3) is 0 Å². The number of hydrogen-bond acceptors (Lipinski definition) is 4. The summed E-state index contributed by atoms with van der Waals surface area (Å²) in [4.78, 5) is 0. The van der Waals surface area contributed by atoms with E-state index in [2.05, 4.69) is 5.32 Å². The summed E-state index contributed by atoms with van der Waals surface area (Å²) in [5.74, 6) is 1.08. The Kier molecular flexibility index (Phi) is 6.96. The SMILES string of the molecule is COC(CNCC1CCCCC1CO)OC. The summed E-state index contributed by atoms with van der Waals surface area (Å²) in [6.07, 6.45) is 4.78. The second-order valence-corrected chi connectivity index (χ2v) is 4.55. The van der Waals surface area contributed by atoms with Crippen molar-refractivity contribution in [1.29, 1.82) is 0 Å². The summed E-state index contributed by atoms with van der Waals surface area (Å²) in [5.41, 5.74) is 0. The molecule has 4 nitrogen and oxygen atoms in total. The number of rotatable bonds is 7. The van der Waals surface area contributed by atoms with Gasteiger partial charge in [0.15, 0.2) is 6.29 Å². The number of hydrogen-bond donors (Lipinski definition) is 2. The molecule has 0 amide bonds. The van der Waals surface area contributed by atoms with E-state index >= 15 is 0 Å². The molecular weight excluding hydrogens is 206 g/mol. The van der Waals surface area contributed by atoms with Crippen molar-refractivity contribution >= 4 is 0 Å². The van der Waals surface area contributed by atoms with Gasteiger partial charge in [-0.2, -0.15) is 0 Å². The Morgan fingerprint density at radius 1 is 1.19 bits per heavy atom. The van der Waals surface area contributed by atoms with Gasteiger partial charge in [-0.15, -0.1) is 0 Å². The summed E-state index contributed by atoms with van der Waals surface area (Å²) in [7, 11) is 3.29. The summed E-state index contributed by atoms with van der Waals surface area (Å²) in [6, 6.07) is 0. The van der Waals surface area contributed by atoms with Crippen molar-refractivity contribution in [3.05, 3.63) is 0 Å². The highest BCUT2D eigenvalue weighted by Gasteiger charge is 2.24. The first-order chi connectivity index (χ1) is 7.81. The van der Waals surface area contributed by atoms with Crippen LogP contribution < -0.4 is 5.32 Å². The zero-order valence-electron chi connectivity index (χ0n) is 10.4. The fraction of sp³-hybridized carbons (Fsp3) is 1.00. The van der Waals surface area contributed by atoms with E-state index in [1.54, 1.807) is 14.2 Å². The van der Waals surface area contributed by atoms with Crippen molar-refractivity contribution < 1.29 is 14.6 Å². The smallest absolute Gasteiger partial charge is 0.169 e. The molecule has 0 heterocycles. The molecule has 2 unspecified atom stereocenters. The number of aliphatic hydroxyl groups is 1. The van der Waals surface area contributed by atoms with Crippen molar-refractivity contribution in [2.24, 2.45) is 11.8 Å². The highest BCUT2D eigenvalue weighted by atomic mass is 16.7.